The lowest BCUT2D eigenvalue weighted by Gasteiger charge is -2.25. The molecule has 0 aliphatic carbocycles. The van der Waals surface area contributed by atoms with Crippen LogP contribution < -0.4 is 5.32 Å². The molecule has 1 aliphatic rings. The molecule has 1 unspecified atom stereocenters. The molecule has 0 radical (unpaired) electrons. The molecule has 0 saturated carbocycles. The molecule has 1 atom stereocenters. The lowest BCUT2D eigenvalue weighted by Crippen LogP contribution is -2.30. The molecule has 3 nitrogen and oxygen atoms in total. The van der Waals surface area contributed by atoms with Crippen LogP contribution in [0.1, 0.15) is 34.1 Å². The van der Waals surface area contributed by atoms with Crippen molar-refractivity contribution in [2.75, 3.05) is 5.75 Å². The number of furan rings is 1. The molecule has 1 aromatic heterocycles. The van der Waals surface area contributed by atoms with Crippen LogP contribution in [0.4, 0.5) is 0 Å². The average molecular weight is 273 g/mol. The highest BCUT2D eigenvalue weighted by Gasteiger charge is 2.23. The van der Waals surface area contributed by atoms with E-state index in [1.54, 1.807) is 12.3 Å². The van der Waals surface area contributed by atoms with E-state index in [1.165, 1.54) is 10.5 Å². The molecule has 0 saturated heterocycles. The monoisotopic (exact) mass is 273 g/mol. The molecule has 4 heteroatoms. The van der Waals surface area contributed by atoms with Crippen LogP contribution in [0.15, 0.2) is 45.9 Å². The molecular weight excluding hydrogens is 258 g/mol. The van der Waals surface area contributed by atoms with Crippen LogP contribution >= 0.6 is 11.8 Å². The van der Waals surface area contributed by atoms with Gasteiger partial charge in [-0.05, 0) is 31.0 Å². The zero-order valence-corrected chi connectivity index (χ0v) is 11.5. The highest BCUT2D eigenvalue weighted by atomic mass is 32.2. The van der Waals surface area contributed by atoms with Gasteiger partial charge in [0, 0.05) is 16.2 Å². The fraction of sp³-hybridized carbons (Fsp3) is 0.267. The Hall–Kier alpha value is -1.68. The Morgan fingerprint density at radius 2 is 2.21 bits per heavy atom. The maximum Gasteiger partial charge on any atom is 0.287 e. The number of fused-ring (bicyclic) bond motifs is 1. The number of benzene rings is 1. The van der Waals surface area contributed by atoms with Crippen LogP contribution in [0, 0.1) is 6.92 Å². The first-order chi connectivity index (χ1) is 9.25. The lowest BCUT2D eigenvalue weighted by molar-refractivity contribution is 0.0906. The van der Waals surface area contributed by atoms with Gasteiger partial charge >= 0.3 is 0 Å². The molecule has 1 N–H and O–H groups in total. The number of carbonyl (C=O) groups is 1. The van der Waals surface area contributed by atoms with Crippen LogP contribution in [0.25, 0.3) is 0 Å². The lowest BCUT2D eigenvalue weighted by atomic mass is 10.0. The molecule has 0 fully saturated rings. The first-order valence-corrected chi connectivity index (χ1v) is 7.31. The van der Waals surface area contributed by atoms with E-state index in [2.05, 4.69) is 17.4 Å². The first kappa shape index (κ1) is 12.4. The third-order valence-corrected chi connectivity index (χ3v) is 4.45. The second-order valence-corrected chi connectivity index (χ2v) is 5.77. The zero-order chi connectivity index (χ0) is 13.2. The predicted octanol–water partition coefficient (Wildman–Crippen LogP) is 3.55. The summed E-state index contributed by atoms with van der Waals surface area (Å²) in [4.78, 5) is 13.5. The summed E-state index contributed by atoms with van der Waals surface area (Å²) in [5.41, 5.74) is 2.08. The Morgan fingerprint density at radius 1 is 1.37 bits per heavy atom. The number of hydrogen-bond acceptors (Lipinski definition) is 3. The number of aryl methyl sites for hydroxylation is 1. The van der Waals surface area contributed by atoms with E-state index < -0.39 is 0 Å². The van der Waals surface area contributed by atoms with Gasteiger partial charge in [0.05, 0.1) is 12.3 Å². The summed E-state index contributed by atoms with van der Waals surface area (Å²) >= 11 is 1.85. The summed E-state index contributed by atoms with van der Waals surface area (Å²) < 4.78 is 5.24. The predicted molar refractivity (Wildman–Crippen MR) is 75.4 cm³/mol. The van der Waals surface area contributed by atoms with Crippen molar-refractivity contribution in [3.05, 3.63) is 53.5 Å². The van der Waals surface area contributed by atoms with Gasteiger partial charge in [0.25, 0.3) is 5.91 Å². The zero-order valence-electron chi connectivity index (χ0n) is 10.7. The van der Waals surface area contributed by atoms with Gasteiger partial charge in [-0.15, -0.1) is 11.8 Å². The number of thioether (sulfide) groups is 1. The average Bonchev–Trinajstić information content (AvgIpc) is 2.85. The topological polar surface area (TPSA) is 42.2 Å². The minimum atomic E-state index is -0.130. The van der Waals surface area contributed by atoms with Crippen molar-refractivity contribution in [1.82, 2.24) is 5.32 Å². The van der Waals surface area contributed by atoms with E-state index in [1.807, 2.05) is 30.8 Å². The van der Waals surface area contributed by atoms with Crippen molar-refractivity contribution in [3.63, 3.8) is 0 Å². The second kappa shape index (κ2) is 5.13. The summed E-state index contributed by atoms with van der Waals surface area (Å²) in [6.07, 6.45) is 2.50. The van der Waals surface area contributed by atoms with Crippen LogP contribution in [0.3, 0.4) is 0 Å². The SMILES string of the molecule is Cc1ccoc1C(=O)NC1CCSc2ccccc21. The largest absolute Gasteiger partial charge is 0.459 e. The van der Waals surface area contributed by atoms with Crippen molar-refractivity contribution in [2.24, 2.45) is 0 Å². The fourth-order valence-corrected chi connectivity index (χ4v) is 3.45. The van der Waals surface area contributed by atoms with Crippen molar-refractivity contribution in [2.45, 2.75) is 24.3 Å². The molecule has 2 aromatic rings. The molecule has 0 spiro atoms. The van der Waals surface area contributed by atoms with Crippen molar-refractivity contribution in [3.8, 4) is 0 Å². The van der Waals surface area contributed by atoms with E-state index in [0.29, 0.717) is 5.76 Å². The van der Waals surface area contributed by atoms with Crippen LogP contribution in [0.2, 0.25) is 0 Å². The molecule has 3 rings (SSSR count). The summed E-state index contributed by atoms with van der Waals surface area (Å²) in [5.74, 6) is 1.31. The third kappa shape index (κ3) is 2.40. The highest BCUT2D eigenvalue weighted by molar-refractivity contribution is 7.99. The number of carbonyl (C=O) groups excluding carboxylic acids is 1. The molecule has 1 aromatic carbocycles. The van der Waals surface area contributed by atoms with Gasteiger partial charge in [-0.1, -0.05) is 18.2 Å². The Morgan fingerprint density at radius 3 is 3.00 bits per heavy atom. The van der Waals surface area contributed by atoms with Crippen LogP contribution in [-0.2, 0) is 0 Å². The van der Waals surface area contributed by atoms with E-state index in [-0.39, 0.29) is 11.9 Å². The summed E-state index contributed by atoms with van der Waals surface area (Å²) in [5, 5.41) is 3.07. The van der Waals surface area contributed by atoms with Crippen molar-refractivity contribution in [1.29, 1.82) is 0 Å². The molecule has 0 bridgehead atoms. The molecular formula is C15H15NO2S. The maximum absolute atomic E-state index is 12.2. The van der Waals surface area contributed by atoms with Gasteiger partial charge < -0.3 is 9.73 Å². The van der Waals surface area contributed by atoms with Gasteiger partial charge in [0.15, 0.2) is 5.76 Å². The van der Waals surface area contributed by atoms with Gasteiger partial charge in [0.1, 0.15) is 0 Å². The van der Waals surface area contributed by atoms with E-state index >= 15 is 0 Å². The van der Waals surface area contributed by atoms with Crippen molar-refractivity contribution < 1.29 is 9.21 Å². The standard InChI is InChI=1S/C15H15NO2S/c1-10-6-8-18-14(10)15(17)16-12-7-9-19-13-5-3-2-4-11(12)13/h2-6,8,12H,7,9H2,1H3,(H,16,17). The molecule has 1 amide bonds. The highest BCUT2D eigenvalue weighted by Crippen LogP contribution is 2.35. The Labute approximate surface area is 116 Å². The Balaban J connectivity index is 1.82. The fourth-order valence-electron chi connectivity index (χ4n) is 2.32. The van der Waals surface area contributed by atoms with Crippen LogP contribution in [0.5, 0.6) is 0 Å². The summed E-state index contributed by atoms with van der Waals surface area (Å²) in [6, 6.07) is 10.1. The van der Waals surface area contributed by atoms with Gasteiger partial charge in [-0.25, -0.2) is 0 Å². The molecule has 98 valence electrons. The number of rotatable bonds is 2. The second-order valence-electron chi connectivity index (χ2n) is 4.63. The molecule has 2 heterocycles. The smallest absolute Gasteiger partial charge is 0.287 e. The van der Waals surface area contributed by atoms with Gasteiger partial charge in [-0.3, -0.25) is 4.79 Å². The minimum Gasteiger partial charge on any atom is -0.459 e. The number of hydrogen-bond donors (Lipinski definition) is 1. The van der Waals surface area contributed by atoms with Gasteiger partial charge in [-0.2, -0.15) is 0 Å². The first-order valence-electron chi connectivity index (χ1n) is 6.32. The van der Waals surface area contributed by atoms with Crippen molar-refractivity contribution >= 4 is 17.7 Å². The normalized spacial score (nSPS) is 17.8. The van der Waals surface area contributed by atoms with E-state index in [9.17, 15) is 4.79 Å². The Kier molecular flexibility index (Phi) is 3.34. The molecule has 19 heavy (non-hydrogen) atoms. The van der Waals surface area contributed by atoms with E-state index in [4.69, 9.17) is 4.42 Å². The van der Waals surface area contributed by atoms with Gasteiger partial charge in [0.2, 0.25) is 0 Å². The molecule has 1 aliphatic heterocycles. The summed E-state index contributed by atoms with van der Waals surface area (Å²) in [6.45, 7) is 1.88. The quantitative estimate of drug-likeness (QED) is 0.909. The Bertz CT molecular complexity index is 606. The number of nitrogens with one attached hydrogen (secondary N) is 1. The van der Waals surface area contributed by atoms with Crippen LogP contribution in [-0.4, -0.2) is 11.7 Å². The van der Waals surface area contributed by atoms with E-state index in [0.717, 1.165) is 17.7 Å². The third-order valence-electron chi connectivity index (χ3n) is 3.33. The maximum atomic E-state index is 12.2. The number of amides is 1. The minimum absolute atomic E-state index is 0.0782. The summed E-state index contributed by atoms with van der Waals surface area (Å²) in [7, 11) is 0.